The molecule has 11 heteroatoms. The van der Waals surface area contributed by atoms with Gasteiger partial charge in [-0.05, 0) is 56.4 Å². The molecule has 1 saturated heterocycles. The normalized spacial score (nSPS) is 17.8. The van der Waals surface area contributed by atoms with Gasteiger partial charge >= 0.3 is 5.97 Å². The van der Waals surface area contributed by atoms with E-state index in [4.69, 9.17) is 23.4 Å². The minimum Gasteiger partial charge on any atom is -0.493 e. The summed E-state index contributed by atoms with van der Waals surface area (Å²) < 4.78 is 30.1. The summed E-state index contributed by atoms with van der Waals surface area (Å²) in [6, 6.07) is 6.46. The highest BCUT2D eigenvalue weighted by molar-refractivity contribution is 7.07. The molecule has 1 atom stereocenters. The summed E-state index contributed by atoms with van der Waals surface area (Å²) in [6.45, 7) is 7.82. The number of aromatic nitrogens is 1. The first-order chi connectivity index (χ1) is 19.8. The van der Waals surface area contributed by atoms with E-state index in [1.165, 1.54) is 37.2 Å². The molecule has 0 amide bonds. The third-order valence-corrected chi connectivity index (χ3v) is 8.48. The second kappa shape index (κ2) is 11.9. The molecule has 0 saturated carbocycles. The molecule has 0 unspecified atom stereocenters. The number of carbonyl (C=O) groups excluding carboxylic acids is 1. The lowest BCUT2D eigenvalue weighted by Gasteiger charge is -2.29. The Morgan fingerprint density at radius 1 is 1.12 bits per heavy atom. The largest absolute Gasteiger partial charge is 0.493 e. The Morgan fingerprint density at radius 2 is 1.80 bits per heavy atom. The van der Waals surface area contributed by atoms with Crippen LogP contribution in [-0.2, 0) is 9.53 Å². The van der Waals surface area contributed by atoms with Crippen LogP contribution in [0.5, 0.6) is 17.2 Å². The Bertz CT molecular complexity index is 1630. The van der Waals surface area contributed by atoms with Crippen molar-refractivity contribution in [2.75, 3.05) is 45.9 Å². The van der Waals surface area contributed by atoms with Crippen molar-refractivity contribution in [3.63, 3.8) is 0 Å². The molecular weight excluding hydrogens is 546 g/mol. The zero-order chi connectivity index (χ0) is 29.3. The highest BCUT2D eigenvalue weighted by Crippen LogP contribution is 2.42. The summed E-state index contributed by atoms with van der Waals surface area (Å²) in [7, 11) is 4.55. The van der Waals surface area contributed by atoms with E-state index in [1.54, 1.807) is 32.1 Å². The number of methoxy groups -OCH3 is 3. The fraction of sp³-hybridized carbons (Fsp3) is 0.433. The van der Waals surface area contributed by atoms with Crippen molar-refractivity contribution >= 4 is 29.3 Å². The average Bonchev–Trinajstić information content (AvgIpc) is 3.56. The molecule has 1 aromatic carbocycles. The maximum absolute atomic E-state index is 14.0. The lowest BCUT2D eigenvalue weighted by molar-refractivity contribution is -0.139. The summed E-state index contributed by atoms with van der Waals surface area (Å²) in [5, 5.41) is 0. The first kappa shape index (κ1) is 28.5. The number of fused-ring (bicyclic) bond motifs is 1. The Morgan fingerprint density at radius 3 is 2.41 bits per heavy atom. The van der Waals surface area contributed by atoms with Gasteiger partial charge < -0.3 is 28.3 Å². The molecular formula is C30H35N3O7S. The smallest absolute Gasteiger partial charge is 0.338 e. The van der Waals surface area contributed by atoms with Gasteiger partial charge in [-0.25, -0.2) is 9.79 Å². The minimum absolute atomic E-state index is 0.179. The topological polar surface area (TPSA) is 105 Å². The van der Waals surface area contributed by atoms with E-state index < -0.39 is 12.0 Å². The predicted molar refractivity (Wildman–Crippen MR) is 156 cm³/mol. The van der Waals surface area contributed by atoms with Gasteiger partial charge in [-0.1, -0.05) is 18.3 Å². The number of piperidine rings is 1. The first-order valence-corrected chi connectivity index (χ1v) is 14.5. The van der Waals surface area contributed by atoms with Crippen LogP contribution in [0.1, 0.15) is 51.0 Å². The number of ether oxygens (including phenoxy) is 4. The minimum atomic E-state index is -0.830. The maximum atomic E-state index is 14.0. The lowest BCUT2D eigenvalue weighted by atomic mass is 9.95. The quantitative estimate of drug-likeness (QED) is 0.372. The molecule has 2 aliphatic heterocycles. The molecule has 5 rings (SSSR count). The standard InChI is InChI=1S/C30H35N3O7S/c1-7-39-29(35)25-18(3)31-30-33(26(25)19-14-21(36-4)27(38-6)22(15-19)37-5)28(34)23(41-30)16-20-8-9-24(40-20)32-12-10-17(2)11-13-32/h8-9,14-17,26H,7,10-13H2,1-6H3/b23-16+/t26-/m0/s1. The van der Waals surface area contributed by atoms with Crippen LogP contribution in [0, 0.1) is 5.92 Å². The number of hydrogen-bond acceptors (Lipinski definition) is 10. The van der Waals surface area contributed by atoms with E-state index in [-0.39, 0.29) is 17.7 Å². The van der Waals surface area contributed by atoms with Gasteiger partial charge in [-0.2, -0.15) is 0 Å². The number of hydrogen-bond donors (Lipinski definition) is 0. The molecule has 0 spiro atoms. The number of carbonyl (C=O) groups is 1. The summed E-state index contributed by atoms with van der Waals surface area (Å²) in [5.41, 5.74) is 1.02. The molecule has 3 aromatic rings. The van der Waals surface area contributed by atoms with Crippen LogP contribution in [0.25, 0.3) is 6.08 Å². The summed E-state index contributed by atoms with van der Waals surface area (Å²) in [6.07, 6.45) is 3.98. The number of anilines is 1. The predicted octanol–water partition coefficient (Wildman–Crippen LogP) is 3.65. The number of furan rings is 1. The van der Waals surface area contributed by atoms with Crippen LogP contribution >= 0.6 is 11.3 Å². The second-order valence-electron chi connectivity index (χ2n) is 10.1. The Labute approximate surface area is 242 Å². The van der Waals surface area contributed by atoms with Gasteiger partial charge in [0.1, 0.15) is 5.76 Å². The summed E-state index contributed by atoms with van der Waals surface area (Å²) in [5.74, 6) is 2.74. The van der Waals surface area contributed by atoms with E-state index in [1.807, 2.05) is 12.1 Å². The molecule has 10 nitrogen and oxygen atoms in total. The first-order valence-electron chi connectivity index (χ1n) is 13.6. The van der Waals surface area contributed by atoms with Crippen molar-refractivity contribution < 1.29 is 28.2 Å². The van der Waals surface area contributed by atoms with Crippen LogP contribution in [0.15, 0.2) is 49.7 Å². The molecule has 41 heavy (non-hydrogen) atoms. The van der Waals surface area contributed by atoms with Gasteiger partial charge in [-0.3, -0.25) is 9.36 Å². The van der Waals surface area contributed by atoms with E-state index in [9.17, 15) is 9.59 Å². The molecule has 0 N–H and O–H groups in total. The SMILES string of the molecule is CCOC(=O)C1=C(C)N=c2s/c(=C/c3ccc(N4CCC(C)CC4)o3)c(=O)n2[C@H]1c1cc(OC)c(OC)c(OC)c1. The van der Waals surface area contributed by atoms with Crippen LogP contribution in [0.3, 0.4) is 0 Å². The highest BCUT2D eigenvalue weighted by atomic mass is 32.1. The van der Waals surface area contributed by atoms with E-state index in [0.717, 1.165) is 31.8 Å². The van der Waals surface area contributed by atoms with Crippen molar-refractivity contribution in [2.45, 2.75) is 39.7 Å². The summed E-state index contributed by atoms with van der Waals surface area (Å²) >= 11 is 1.24. The second-order valence-corrected chi connectivity index (χ2v) is 11.1. The number of nitrogens with zero attached hydrogens (tertiary/aromatic N) is 3. The monoisotopic (exact) mass is 581 g/mol. The molecule has 2 aromatic heterocycles. The average molecular weight is 582 g/mol. The van der Waals surface area contributed by atoms with Crippen LogP contribution in [-0.4, -0.2) is 51.6 Å². The third kappa shape index (κ3) is 5.38. The molecule has 0 bridgehead atoms. The van der Waals surface area contributed by atoms with Crippen molar-refractivity contribution in [3.8, 4) is 17.2 Å². The molecule has 1 fully saturated rings. The van der Waals surface area contributed by atoms with Crippen LogP contribution in [0.2, 0.25) is 0 Å². The number of benzene rings is 1. The third-order valence-electron chi connectivity index (χ3n) is 7.50. The molecule has 2 aliphatic rings. The zero-order valence-electron chi connectivity index (χ0n) is 24.2. The van der Waals surface area contributed by atoms with Crippen molar-refractivity contribution in [3.05, 3.63) is 66.5 Å². The molecule has 4 heterocycles. The van der Waals surface area contributed by atoms with Crippen molar-refractivity contribution in [1.82, 2.24) is 4.57 Å². The number of thiazole rings is 1. The zero-order valence-corrected chi connectivity index (χ0v) is 25.0. The van der Waals surface area contributed by atoms with Gasteiger partial charge in [-0.15, -0.1) is 0 Å². The number of rotatable bonds is 8. The van der Waals surface area contributed by atoms with Crippen LogP contribution < -0.4 is 34.0 Å². The lowest BCUT2D eigenvalue weighted by Crippen LogP contribution is -2.40. The maximum Gasteiger partial charge on any atom is 0.338 e. The highest BCUT2D eigenvalue weighted by Gasteiger charge is 2.35. The van der Waals surface area contributed by atoms with Gasteiger partial charge in [0.05, 0.1) is 49.8 Å². The Hall–Kier alpha value is -3.99. The Balaban J connectivity index is 1.64. The van der Waals surface area contributed by atoms with E-state index in [2.05, 4.69) is 16.8 Å². The van der Waals surface area contributed by atoms with Gasteiger partial charge in [0.25, 0.3) is 5.56 Å². The number of allylic oxidation sites excluding steroid dienone is 1. The summed E-state index contributed by atoms with van der Waals surface area (Å²) in [4.78, 5) is 34.6. The number of esters is 1. The van der Waals surface area contributed by atoms with Gasteiger partial charge in [0.2, 0.25) is 5.75 Å². The molecule has 0 aliphatic carbocycles. The fourth-order valence-corrected chi connectivity index (χ4v) is 6.34. The van der Waals surface area contributed by atoms with Gasteiger partial charge in [0, 0.05) is 25.2 Å². The fourth-order valence-electron chi connectivity index (χ4n) is 5.31. The van der Waals surface area contributed by atoms with E-state index >= 15 is 0 Å². The van der Waals surface area contributed by atoms with Gasteiger partial charge in [0.15, 0.2) is 22.2 Å². The Kier molecular flexibility index (Phi) is 8.25. The van der Waals surface area contributed by atoms with E-state index in [0.29, 0.717) is 49.5 Å². The van der Waals surface area contributed by atoms with Crippen molar-refractivity contribution in [2.24, 2.45) is 10.9 Å². The molecule has 218 valence electrons. The molecule has 0 radical (unpaired) electrons. The van der Waals surface area contributed by atoms with Crippen molar-refractivity contribution in [1.29, 1.82) is 0 Å². The van der Waals surface area contributed by atoms with Crippen LogP contribution in [0.4, 0.5) is 5.88 Å².